The average molecular weight is 321 g/mol. The number of amides is 1. The topological polar surface area (TPSA) is 66.8 Å². The summed E-state index contributed by atoms with van der Waals surface area (Å²) in [6.45, 7) is 6.85. The normalized spacial score (nSPS) is 12.0. The van der Waals surface area contributed by atoms with Crippen LogP contribution in [0.3, 0.4) is 0 Å². The van der Waals surface area contributed by atoms with E-state index in [4.69, 9.17) is 9.84 Å². The van der Waals surface area contributed by atoms with Crippen molar-refractivity contribution in [2.45, 2.75) is 39.5 Å². The second-order valence-corrected chi connectivity index (χ2v) is 6.22. The third kappa shape index (κ3) is 6.30. The molecule has 0 heterocycles. The minimum Gasteiger partial charge on any atom is -0.496 e. The summed E-state index contributed by atoms with van der Waals surface area (Å²) >= 11 is 0. The highest BCUT2D eigenvalue weighted by Gasteiger charge is 2.21. The van der Waals surface area contributed by atoms with Crippen molar-refractivity contribution >= 4 is 11.9 Å². The maximum atomic E-state index is 12.6. The summed E-state index contributed by atoms with van der Waals surface area (Å²) in [6.07, 6.45) is 0.314. The average Bonchev–Trinajstić information content (AvgIpc) is 2.50. The summed E-state index contributed by atoms with van der Waals surface area (Å²) in [5.74, 6) is 0.184. The van der Waals surface area contributed by atoms with E-state index in [9.17, 15) is 9.59 Å². The Bertz CT molecular complexity index is 528. The van der Waals surface area contributed by atoms with Crippen LogP contribution >= 0.6 is 0 Å². The highest BCUT2D eigenvalue weighted by molar-refractivity contribution is 5.78. The van der Waals surface area contributed by atoms with Crippen LogP contribution < -0.4 is 4.74 Å². The van der Waals surface area contributed by atoms with Crippen molar-refractivity contribution in [3.05, 3.63) is 29.8 Å². The molecule has 0 bridgehead atoms. The number of benzene rings is 1. The SMILES string of the molecule is COc1ccccc1C(C)CC(=O)N(CCC(=O)O)CC(C)C. The van der Waals surface area contributed by atoms with Crippen molar-refractivity contribution < 1.29 is 19.4 Å². The Hall–Kier alpha value is -2.04. The number of aliphatic carboxylic acids is 1. The van der Waals surface area contributed by atoms with Crippen LogP contribution in [0, 0.1) is 5.92 Å². The van der Waals surface area contributed by atoms with E-state index in [-0.39, 0.29) is 24.8 Å². The van der Waals surface area contributed by atoms with E-state index >= 15 is 0 Å². The molecule has 0 aliphatic carbocycles. The van der Waals surface area contributed by atoms with Crippen molar-refractivity contribution in [1.82, 2.24) is 4.90 Å². The van der Waals surface area contributed by atoms with Crippen LogP contribution in [0.25, 0.3) is 0 Å². The lowest BCUT2D eigenvalue weighted by Gasteiger charge is -2.26. The third-order valence-corrected chi connectivity index (χ3v) is 3.68. The Kier molecular flexibility index (Phi) is 7.59. The fourth-order valence-electron chi connectivity index (χ4n) is 2.56. The van der Waals surface area contributed by atoms with Gasteiger partial charge >= 0.3 is 5.97 Å². The highest BCUT2D eigenvalue weighted by Crippen LogP contribution is 2.28. The molecule has 0 radical (unpaired) electrons. The zero-order chi connectivity index (χ0) is 17.4. The first-order valence-electron chi connectivity index (χ1n) is 7.97. The molecule has 1 rings (SSSR count). The molecular formula is C18H27NO4. The number of carboxylic acids is 1. The number of ether oxygens (including phenoxy) is 1. The zero-order valence-corrected chi connectivity index (χ0v) is 14.4. The molecule has 0 spiro atoms. The quantitative estimate of drug-likeness (QED) is 0.759. The summed E-state index contributed by atoms with van der Waals surface area (Å²) in [4.78, 5) is 25.0. The van der Waals surface area contributed by atoms with E-state index in [0.717, 1.165) is 11.3 Å². The van der Waals surface area contributed by atoms with Crippen molar-refractivity contribution in [2.75, 3.05) is 20.2 Å². The van der Waals surface area contributed by atoms with Gasteiger partial charge in [-0.2, -0.15) is 0 Å². The standard InChI is InChI=1S/C18H27NO4/c1-13(2)12-19(10-9-18(21)22)17(20)11-14(3)15-7-5-6-8-16(15)23-4/h5-8,13-14H,9-12H2,1-4H3,(H,21,22). The highest BCUT2D eigenvalue weighted by atomic mass is 16.5. The lowest BCUT2D eigenvalue weighted by atomic mass is 9.96. The largest absolute Gasteiger partial charge is 0.496 e. The molecule has 1 N–H and O–H groups in total. The van der Waals surface area contributed by atoms with Gasteiger partial charge in [0, 0.05) is 19.5 Å². The van der Waals surface area contributed by atoms with Gasteiger partial charge in [0.2, 0.25) is 5.91 Å². The Morgan fingerprint density at radius 1 is 1.22 bits per heavy atom. The summed E-state index contributed by atoms with van der Waals surface area (Å²) in [6, 6.07) is 7.66. The fourth-order valence-corrected chi connectivity index (χ4v) is 2.56. The maximum absolute atomic E-state index is 12.6. The molecule has 1 aromatic carbocycles. The van der Waals surface area contributed by atoms with Gasteiger partial charge in [-0.3, -0.25) is 9.59 Å². The van der Waals surface area contributed by atoms with Crippen LogP contribution in [-0.2, 0) is 9.59 Å². The van der Waals surface area contributed by atoms with Gasteiger partial charge in [-0.05, 0) is 23.5 Å². The minimum atomic E-state index is -0.885. The molecule has 1 aromatic rings. The molecule has 0 aromatic heterocycles. The van der Waals surface area contributed by atoms with Crippen molar-refractivity contribution in [3.8, 4) is 5.75 Å². The second kappa shape index (κ2) is 9.18. The van der Waals surface area contributed by atoms with Crippen LogP contribution in [0.15, 0.2) is 24.3 Å². The Morgan fingerprint density at radius 3 is 2.43 bits per heavy atom. The first kappa shape index (κ1) is 19.0. The minimum absolute atomic E-state index is 0.0122. The van der Waals surface area contributed by atoms with Crippen LogP contribution in [0.2, 0.25) is 0 Å². The molecule has 1 atom stereocenters. The van der Waals surface area contributed by atoms with E-state index in [0.29, 0.717) is 18.9 Å². The van der Waals surface area contributed by atoms with Crippen molar-refractivity contribution in [3.63, 3.8) is 0 Å². The zero-order valence-electron chi connectivity index (χ0n) is 14.4. The number of carboxylic acid groups (broad SMARTS) is 1. The van der Waals surface area contributed by atoms with Crippen molar-refractivity contribution in [2.24, 2.45) is 5.92 Å². The van der Waals surface area contributed by atoms with E-state index in [1.54, 1.807) is 12.0 Å². The number of methoxy groups -OCH3 is 1. The Morgan fingerprint density at radius 2 is 1.87 bits per heavy atom. The van der Waals surface area contributed by atoms with Crippen LogP contribution in [-0.4, -0.2) is 42.1 Å². The first-order chi connectivity index (χ1) is 10.8. The van der Waals surface area contributed by atoms with E-state index in [2.05, 4.69) is 0 Å². The van der Waals surface area contributed by atoms with Crippen LogP contribution in [0.4, 0.5) is 0 Å². The molecule has 5 nitrogen and oxygen atoms in total. The molecule has 128 valence electrons. The number of carbonyl (C=O) groups is 2. The molecule has 0 fully saturated rings. The van der Waals surface area contributed by atoms with Gasteiger partial charge in [0.15, 0.2) is 0 Å². The summed E-state index contributed by atoms with van der Waals surface area (Å²) < 4.78 is 5.35. The molecule has 23 heavy (non-hydrogen) atoms. The van der Waals surface area contributed by atoms with E-state index < -0.39 is 5.97 Å². The third-order valence-electron chi connectivity index (χ3n) is 3.68. The van der Waals surface area contributed by atoms with Crippen LogP contribution in [0.1, 0.15) is 45.1 Å². The van der Waals surface area contributed by atoms with Crippen LogP contribution in [0.5, 0.6) is 5.75 Å². The van der Waals surface area contributed by atoms with Gasteiger partial charge in [-0.15, -0.1) is 0 Å². The predicted molar refractivity (Wildman–Crippen MR) is 89.7 cm³/mol. The summed E-state index contributed by atoms with van der Waals surface area (Å²) in [5.41, 5.74) is 0.992. The summed E-state index contributed by atoms with van der Waals surface area (Å²) in [7, 11) is 1.62. The molecule has 5 heteroatoms. The van der Waals surface area contributed by atoms with Gasteiger partial charge in [0.1, 0.15) is 5.75 Å². The van der Waals surface area contributed by atoms with Gasteiger partial charge in [-0.1, -0.05) is 39.0 Å². The number of nitrogens with zero attached hydrogens (tertiary/aromatic N) is 1. The van der Waals surface area contributed by atoms with Gasteiger partial charge in [-0.25, -0.2) is 0 Å². The number of hydrogen-bond donors (Lipinski definition) is 1. The fraction of sp³-hybridized carbons (Fsp3) is 0.556. The van der Waals surface area contributed by atoms with Crippen molar-refractivity contribution in [1.29, 1.82) is 0 Å². The number of carbonyl (C=O) groups excluding carboxylic acids is 1. The number of para-hydroxylation sites is 1. The van der Waals surface area contributed by atoms with Gasteiger partial charge in [0.05, 0.1) is 13.5 Å². The number of rotatable bonds is 9. The molecule has 0 saturated heterocycles. The molecule has 0 saturated carbocycles. The van der Waals surface area contributed by atoms with Gasteiger partial charge in [0.25, 0.3) is 0 Å². The molecule has 0 aliphatic rings. The van der Waals surface area contributed by atoms with E-state index in [1.165, 1.54) is 0 Å². The second-order valence-electron chi connectivity index (χ2n) is 6.22. The Balaban J connectivity index is 2.77. The smallest absolute Gasteiger partial charge is 0.305 e. The molecule has 1 amide bonds. The predicted octanol–water partition coefficient (Wildman–Crippen LogP) is 3.15. The number of hydrogen-bond acceptors (Lipinski definition) is 3. The molecule has 1 unspecified atom stereocenters. The molecule has 0 aliphatic heterocycles. The Labute approximate surface area is 138 Å². The maximum Gasteiger partial charge on any atom is 0.305 e. The van der Waals surface area contributed by atoms with E-state index in [1.807, 2.05) is 45.0 Å². The lowest BCUT2D eigenvalue weighted by molar-refractivity contribution is -0.138. The summed E-state index contributed by atoms with van der Waals surface area (Å²) in [5, 5.41) is 8.85. The lowest BCUT2D eigenvalue weighted by Crippen LogP contribution is -2.36. The van der Waals surface area contributed by atoms with Gasteiger partial charge < -0.3 is 14.7 Å². The molecular weight excluding hydrogens is 294 g/mol. The first-order valence-corrected chi connectivity index (χ1v) is 7.97. The monoisotopic (exact) mass is 321 g/mol.